The molecule has 0 aliphatic rings. The van der Waals surface area contributed by atoms with Gasteiger partial charge in [0.25, 0.3) is 0 Å². The Labute approximate surface area is 208 Å². The van der Waals surface area contributed by atoms with Crippen molar-refractivity contribution in [3.63, 3.8) is 0 Å². The SMILES string of the molecule is CCC(C)C(NC(=O)C(CS)NC(=O)C(N)CO)C(=O)NC(Cc1c[nH]c2ccccc12)C(=O)O. The maximum Gasteiger partial charge on any atom is 0.326 e. The summed E-state index contributed by atoms with van der Waals surface area (Å²) < 4.78 is 0. The molecule has 0 bridgehead atoms. The second kappa shape index (κ2) is 13.1. The number of aliphatic hydroxyl groups is 1. The standard InChI is InChI=1S/C23H33N5O6S/c1-3-12(2)19(28-21(31)18(11-35)27-20(30)15(24)10-29)22(32)26-17(23(33)34)8-13-9-25-16-7-5-4-6-14(13)16/h4-7,9,12,15,17-19,25,29,35H,3,8,10-11,24H2,1-2H3,(H,26,32)(H,27,30)(H,28,31)(H,33,34). The van der Waals surface area contributed by atoms with E-state index in [4.69, 9.17) is 10.8 Å². The van der Waals surface area contributed by atoms with Crippen molar-refractivity contribution >= 4 is 47.2 Å². The molecule has 0 saturated carbocycles. The normalized spacial score (nSPS) is 15.5. The second-order valence-electron chi connectivity index (χ2n) is 8.37. The molecule has 2 aromatic rings. The van der Waals surface area contributed by atoms with Crippen LogP contribution in [-0.4, -0.2) is 75.4 Å². The molecular formula is C23H33N5O6S. The first-order valence-corrected chi connectivity index (χ1v) is 11.9. The minimum atomic E-state index is -1.23. The van der Waals surface area contributed by atoms with Crippen molar-refractivity contribution in [1.29, 1.82) is 0 Å². The number of H-pyrrole nitrogens is 1. The molecule has 5 unspecified atom stereocenters. The summed E-state index contributed by atoms with van der Waals surface area (Å²) in [6.45, 7) is 2.98. The van der Waals surface area contributed by atoms with E-state index in [0.29, 0.717) is 6.42 Å². The summed E-state index contributed by atoms with van der Waals surface area (Å²) >= 11 is 4.08. The highest BCUT2D eigenvalue weighted by atomic mass is 32.1. The lowest BCUT2D eigenvalue weighted by Gasteiger charge is -2.27. The van der Waals surface area contributed by atoms with Gasteiger partial charge in [0.15, 0.2) is 0 Å². The number of aliphatic carboxylic acids is 1. The van der Waals surface area contributed by atoms with Crippen LogP contribution in [0.25, 0.3) is 10.9 Å². The van der Waals surface area contributed by atoms with Gasteiger partial charge in [0.05, 0.1) is 6.61 Å². The summed E-state index contributed by atoms with van der Waals surface area (Å²) in [5, 5.41) is 27.1. The zero-order valence-electron chi connectivity index (χ0n) is 19.7. The van der Waals surface area contributed by atoms with E-state index in [9.17, 15) is 24.3 Å². The minimum Gasteiger partial charge on any atom is -0.480 e. The number of hydrogen-bond acceptors (Lipinski definition) is 7. The molecule has 1 aromatic carbocycles. The highest BCUT2D eigenvalue weighted by molar-refractivity contribution is 7.80. The van der Waals surface area contributed by atoms with Crippen LogP contribution in [0.1, 0.15) is 25.8 Å². The van der Waals surface area contributed by atoms with Gasteiger partial charge in [-0.1, -0.05) is 38.5 Å². The third-order valence-corrected chi connectivity index (χ3v) is 6.22. The van der Waals surface area contributed by atoms with Gasteiger partial charge >= 0.3 is 5.97 Å². The molecular weight excluding hydrogens is 474 g/mol. The largest absolute Gasteiger partial charge is 0.480 e. The number of thiol groups is 1. The van der Waals surface area contributed by atoms with Crippen molar-refractivity contribution in [2.45, 2.75) is 50.9 Å². The van der Waals surface area contributed by atoms with E-state index in [1.807, 2.05) is 31.2 Å². The van der Waals surface area contributed by atoms with Crippen LogP contribution < -0.4 is 21.7 Å². The topological polar surface area (TPSA) is 187 Å². The predicted octanol–water partition coefficient (Wildman–Crippen LogP) is -0.455. The van der Waals surface area contributed by atoms with Crippen LogP contribution in [0.5, 0.6) is 0 Å². The number of nitrogens with one attached hydrogen (secondary N) is 4. The Bertz CT molecular complexity index is 1040. The Kier molecular flexibility index (Phi) is 10.6. The molecule has 0 aliphatic carbocycles. The zero-order valence-corrected chi connectivity index (χ0v) is 20.5. The quantitative estimate of drug-likeness (QED) is 0.169. The molecule has 1 heterocycles. The van der Waals surface area contributed by atoms with Crippen LogP contribution in [0.2, 0.25) is 0 Å². The molecule has 0 radical (unpaired) electrons. The Morgan fingerprint density at radius 2 is 1.71 bits per heavy atom. The lowest BCUT2D eigenvalue weighted by Crippen LogP contribution is -2.59. The number of amides is 3. The van der Waals surface area contributed by atoms with Crippen molar-refractivity contribution < 1.29 is 29.4 Å². The highest BCUT2D eigenvalue weighted by Gasteiger charge is 2.32. The third-order valence-electron chi connectivity index (χ3n) is 5.86. The van der Waals surface area contributed by atoms with Gasteiger partial charge in [-0.15, -0.1) is 0 Å². The fourth-order valence-corrected chi connectivity index (χ4v) is 3.75. The van der Waals surface area contributed by atoms with Gasteiger partial charge < -0.3 is 36.9 Å². The molecule has 35 heavy (non-hydrogen) atoms. The van der Waals surface area contributed by atoms with Gasteiger partial charge in [-0.05, 0) is 17.5 Å². The molecule has 0 fully saturated rings. The molecule has 2 rings (SSSR count). The van der Waals surface area contributed by atoms with E-state index < -0.39 is 54.5 Å². The van der Waals surface area contributed by atoms with Crippen molar-refractivity contribution in [3.8, 4) is 0 Å². The number of aliphatic hydroxyl groups excluding tert-OH is 1. The number of para-hydroxylation sites is 1. The van der Waals surface area contributed by atoms with Crippen LogP contribution in [-0.2, 0) is 25.6 Å². The van der Waals surface area contributed by atoms with E-state index in [0.717, 1.165) is 16.5 Å². The van der Waals surface area contributed by atoms with E-state index in [1.165, 1.54) is 0 Å². The van der Waals surface area contributed by atoms with Crippen LogP contribution in [0.15, 0.2) is 30.5 Å². The number of fused-ring (bicyclic) bond motifs is 1. The number of carbonyl (C=O) groups is 4. The number of aromatic amines is 1. The van der Waals surface area contributed by atoms with Gasteiger partial charge in [0.2, 0.25) is 17.7 Å². The fourth-order valence-electron chi connectivity index (χ4n) is 3.49. The van der Waals surface area contributed by atoms with E-state index in [2.05, 4.69) is 33.6 Å². The number of benzene rings is 1. The molecule has 11 nitrogen and oxygen atoms in total. The summed E-state index contributed by atoms with van der Waals surface area (Å²) in [4.78, 5) is 52.9. The maximum absolute atomic E-state index is 13.1. The second-order valence-corrected chi connectivity index (χ2v) is 8.73. The Morgan fingerprint density at radius 3 is 2.31 bits per heavy atom. The fraction of sp³-hybridized carbons (Fsp3) is 0.478. The Hall–Kier alpha value is -3.09. The zero-order chi connectivity index (χ0) is 26.1. The number of carbonyl (C=O) groups excluding carboxylic acids is 3. The predicted molar refractivity (Wildman–Crippen MR) is 134 cm³/mol. The summed E-state index contributed by atoms with van der Waals surface area (Å²) in [7, 11) is 0. The van der Waals surface area contributed by atoms with Crippen molar-refractivity contribution in [2.24, 2.45) is 11.7 Å². The summed E-state index contributed by atoms with van der Waals surface area (Å²) in [6.07, 6.45) is 2.27. The molecule has 1 aromatic heterocycles. The molecule has 0 spiro atoms. The summed E-state index contributed by atoms with van der Waals surface area (Å²) in [5.74, 6) is -3.70. The van der Waals surface area contributed by atoms with Crippen molar-refractivity contribution in [2.75, 3.05) is 12.4 Å². The van der Waals surface area contributed by atoms with Gasteiger partial charge in [0.1, 0.15) is 24.2 Å². The smallest absolute Gasteiger partial charge is 0.326 e. The molecule has 0 saturated heterocycles. The number of aromatic nitrogens is 1. The number of carboxylic acid groups (broad SMARTS) is 1. The first-order valence-electron chi connectivity index (χ1n) is 11.3. The number of hydrogen-bond donors (Lipinski definition) is 8. The van der Waals surface area contributed by atoms with Crippen molar-refractivity contribution in [1.82, 2.24) is 20.9 Å². The molecule has 0 aliphatic heterocycles. The van der Waals surface area contributed by atoms with Gasteiger partial charge in [-0.25, -0.2) is 4.79 Å². The van der Waals surface area contributed by atoms with Crippen LogP contribution in [0.4, 0.5) is 0 Å². The minimum absolute atomic E-state index is 0.0423. The number of nitrogens with two attached hydrogens (primary N) is 1. The van der Waals surface area contributed by atoms with Crippen LogP contribution in [0.3, 0.4) is 0 Å². The highest BCUT2D eigenvalue weighted by Crippen LogP contribution is 2.19. The third kappa shape index (κ3) is 7.44. The van der Waals surface area contributed by atoms with Crippen LogP contribution >= 0.6 is 12.6 Å². The number of carboxylic acids is 1. The average molecular weight is 508 g/mol. The van der Waals surface area contributed by atoms with Gasteiger partial charge in [-0.3, -0.25) is 14.4 Å². The van der Waals surface area contributed by atoms with E-state index in [-0.39, 0.29) is 18.1 Å². The van der Waals surface area contributed by atoms with Gasteiger partial charge in [0, 0.05) is 29.3 Å². The maximum atomic E-state index is 13.1. The number of rotatable bonds is 13. The monoisotopic (exact) mass is 507 g/mol. The first-order chi connectivity index (χ1) is 16.6. The van der Waals surface area contributed by atoms with Gasteiger partial charge in [-0.2, -0.15) is 12.6 Å². The first kappa shape index (κ1) is 28.1. The van der Waals surface area contributed by atoms with Crippen molar-refractivity contribution in [3.05, 3.63) is 36.0 Å². The molecule has 8 N–H and O–H groups in total. The molecule has 5 atom stereocenters. The summed E-state index contributed by atoms with van der Waals surface area (Å²) in [6, 6.07) is 2.83. The van der Waals surface area contributed by atoms with Crippen LogP contribution in [0, 0.1) is 5.92 Å². The summed E-state index contributed by atoms with van der Waals surface area (Å²) in [5.41, 5.74) is 7.05. The average Bonchev–Trinajstić information content (AvgIpc) is 3.26. The lowest BCUT2D eigenvalue weighted by molar-refractivity contribution is -0.142. The lowest BCUT2D eigenvalue weighted by atomic mass is 9.97. The molecule has 3 amide bonds. The molecule has 12 heteroatoms. The van der Waals surface area contributed by atoms with E-state index in [1.54, 1.807) is 13.1 Å². The Morgan fingerprint density at radius 1 is 1.06 bits per heavy atom. The molecule has 192 valence electrons. The Balaban J connectivity index is 2.15. The van der Waals surface area contributed by atoms with E-state index >= 15 is 0 Å².